The predicted molar refractivity (Wildman–Crippen MR) is 118 cm³/mol. The molecule has 1 amide bonds. The Kier molecular flexibility index (Phi) is 5.61. The standard InChI is InChI=1S/C25H24N2O3/c1-16-10-12-17(13-11-16)14-18-6-5-8-20-23(25(29)30-15-22(28)26-2)19-7-3-4-9-21(19)27-24(18)20/h3-4,7,9-14H,5-6,8,15H2,1-2H3,(H,26,28)/b18-14+. The zero-order valence-electron chi connectivity index (χ0n) is 17.2. The quantitative estimate of drug-likeness (QED) is 0.662. The second kappa shape index (κ2) is 8.49. The molecule has 3 aromatic rings. The maximum atomic E-state index is 13.0. The summed E-state index contributed by atoms with van der Waals surface area (Å²) in [6, 6.07) is 16.0. The lowest BCUT2D eigenvalue weighted by molar-refractivity contribution is -0.123. The molecule has 0 aliphatic heterocycles. The monoisotopic (exact) mass is 400 g/mol. The number of esters is 1. The van der Waals surface area contributed by atoms with Crippen molar-refractivity contribution in [2.24, 2.45) is 0 Å². The summed E-state index contributed by atoms with van der Waals surface area (Å²) in [5.41, 5.74) is 6.47. The number of hydrogen-bond donors (Lipinski definition) is 1. The molecule has 0 spiro atoms. The van der Waals surface area contributed by atoms with Crippen molar-refractivity contribution < 1.29 is 14.3 Å². The number of ether oxygens (including phenoxy) is 1. The topological polar surface area (TPSA) is 68.3 Å². The molecule has 0 radical (unpaired) electrons. The van der Waals surface area contributed by atoms with Crippen LogP contribution in [-0.2, 0) is 16.0 Å². The van der Waals surface area contributed by atoms with Crippen molar-refractivity contribution in [2.75, 3.05) is 13.7 Å². The van der Waals surface area contributed by atoms with Crippen LogP contribution < -0.4 is 5.32 Å². The highest BCUT2D eigenvalue weighted by Crippen LogP contribution is 2.36. The Hall–Kier alpha value is -3.47. The summed E-state index contributed by atoms with van der Waals surface area (Å²) in [4.78, 5) is 29.5. The molecule has 1 aliphatic rings. The zero-order valence-corrected chi connectivity index (χ0v) is 17.2. The van der Waals surface area contributed by atoms with Crippen molar-refractivity contribution in [3.63, 3.8) is 0 Å². The number of aryl methyl sites for hydroxylation is 1. The van der Waals surface area contributed by atoms with Crippen LogP contribution in [0.5, 0.6) is 0 Å². The number of hydrogen-bond acceptors (Lipinski definition) is 4. The predicted octanol–water partition coefficient (Wildman–Crippen LogP) is 4.32. The maximum absolute atomic E-state index is 13.0. The molecule has 2 aromatic carbocycles. The van der Waals surface area contributed by atoms with Gasteiger partial charge in [-0.15, -0.1) is 0 Å². The van der Waals surface area contributed by atoms with Crippen LogP contribution in [0.1, 0.15) is 45.6 Å². The first-order valence-corrected chi connectivity index (χ1v) is 10.1. The van der Waals surface area contributed by atoms with Gasteiger partial charge in [0.1, 0.15) is 0 Å². The fraction of sp³-hybridized carbons (Fsp3) is 0.240. The third-order valence-corrected chi connectivity index (χ3v) is 5.41. The average Bonchev–Trinajstić information content (AvgIpc) is 2.77. The summed E-state index contributed by atoms with van der Waals surface area (Å²) in [5.74, 6) is -0.819. The van der Waals surface area contributed by atoms with E-state index in [2.05, 4.69) is 42.6 Å². The van der Waals surface area contributed by atoms with Gasteiger partial charge in [0.15, 0.2) is 6.61 Å². The fourth-order valence-electron chi connectivity index (χ4n) is 3.85. The molecule has 0 atom stereocenters. The summed E-state index contributed by atoms with van der Waals surface area (Å²) in [7, 11) is 1.52. The van der Waals surface area contributed by atoms with Crippen molar-refractivity contribution in [1.82, 2.24) is 10.3 Å². The molecule has 4 rings (SSSR count). The van der Waals surface area contributed by atoms with Gasteiger partial charge in [-0.25, -0.2) is 9.78 Å². The number of amides is 1. The Morgan fingerprint density at radius 1 is 1.10 bits per heavy atom. The van der Waals surface area contributed by atoms with Crippen molar-refractivity contribution in [2.45, 2.75) is 26.2 Å². The minimum absolute atomic E-state index is 0.299. The molecular formula is C25H24N2O3. The third-order valence-electron chi connectivity index (χ3n) is 5.41. The lowest BCUT2D eigenvalue weighted by Gasteiger charge is -2.22. The third kappa shape index (κ3) is 3.96. The van der Waals surface area contributed by atoms with Gasteiger partial charge in [0.25, 0.3) is 5.91 Å². The van der Waals surface area contributed by atoms with Gasteiger partial charge in [0.05, 0.1) is 16.8 Å². The van der Waals surface area contributed by atoms with E-state index in [1.54, 1.807) is 0 Å². The second-order valence-corrected chi connectivity index (χ2v) is 7.51. The lowest BCUT2D eigenvalue weighted by atomic mass is 9.86. The van der Waals surface area contributed by atoms with E-state index in [1.165, 1.54) is 12.6 Å². The van der Waals surface area contributed by atoms with E-state index in [9.17, 15) is 9.59 Å². The van der Waals surface area contributed by atoms with Crippen LogP contribution in [0.25, 0.3) is 22.6 Å². The summed E-state index contributed by atoms with van der Waals surface area (Å²) < 4.78 is 5.32. The molecule has 1 aliphatic carbocycles. The van der Waals surface area contributed by atoms with Crippen molar-refractivity contribution in [3.05, 3.63) is 76.5 Å². The van der Waals surface area contributed by atoms with Crippen LogP contribution in [0.2, 0.25) is 0 Å². The second-order valence-electron chi connectivity index (χ2n) is 7.51. The molecule has 30 heavy (non-hydrogen) atoms. The summed E-state index contributed by atoms with van der Waals surface area (Å²) >= 11 is 0. The Labute approximate surface area is 175 Å². The maximum Gasteiger partial charge on any atom is 0.339 e. The van der Waals surface area contributed by atoms with Crippen LogP contribution in [0.15, 0.2) is 48.5 Å². The number of likely N-dealkylation sites (N-methyl/N-ethyl adjacent to an activating group) is 1. The molecule has 1 aromatic heterocycles. The highest BCUT2D eigenvalue weighted by Gasteiger charge is 2.26. The number of carbonyl (C=O) groups is 2. The number of nitrogens with zero attached hydrogens (tertiary/aromatic N) is 1. The number of para-hydroxylation sites is 1. The molecule has 5 heteroatoms. The van der Waals surface area contributed by atoms with Crippen molar-refractivity contribution in [1.29, 1.82) is 0 Å². The minimum Gasteiger partial charge on any atom is -0.452 e. The SMILES string of the molecule is CNC(=O)COC(=O)c1c2c(nc3ccccc13)/C(=C/c1ccc(C)cc1)CCC2. The van der Waals surface area contributed by atoms with Crippen LogP contribution in [0, 0.1) is 6.92 Å². The Bertz CT molecular complexity index is 1150. The van der Waals surface area contributed by atoms with Crippen LogP contribution in [0.3, 0.4) is 0 Å². The van der Waals surface area contributed by atoms with Crippen LogP contribution >= 0.6 is 0 Å². The van der Waals surface area contributed by atoms with Gasteiger partial charge in [0, 0.05) is 12.4 Å². The Morgan fingerprint density at radius 3 is 2.63 bits per heavy atom. The van der Waals surface area contributed by atoms with Gasteiger partial charge in [-0.3, -0.25) is 4.79 Å². The minimum atomic E-state index is -0.481. The Morgan fingerprint density at radius 2 is 1.87 bits per heavy atom. The van der Waals surface area contributed by atoms with Crippen LogP contribution in [-0.4, -0.2) is 30.5 Å². The average molecular weight is 400 g/mol. The number of fused-ring (bicyclic) bond motifs is 2. The van der Waals surface area contributed by atoms with E-state index in [0.29, 0.717) is 5.56 Å². The smallest absolute Gasteiger partial charge is 0.339 e. The van der Waals surface area contributed by atoms with Crippen molar-refractivity contribution in [3.8, 4) is 0 Å². The summed E-state index contributed by atoms with van der Waals surface area (Å²) in [6.45, 7) is 1.77. The van der Waals surface area contributed by atoms with Gasteiger partial charge >= 0.3 is 5.97 Å². The molecule has 0 unspecified atom stereocenters. The number of rotatable bonds is 4. The van der Waals surface area contributed by atoms with Crippen LogP contribution in [0.4, 0.5) is 0 Å². The summed E-state index contributed by atoms with van der Waals surface area (Å²) in [5, 5.41) is 3.23. The van der Waals surface area contributed by atoms with Gasteiger partial charge in [0.2, 0.25) is 0 Å². The highest BCUT2D eigenvalue weighted by molar-refractivity contribution is 6.07. The fourth-order valence-corrected chi connectivity index (χ4v) is 3.85. The van der Waals surface area contributed by atoms with Gasteiger partial charge in [-0.05, 0) is 55.0 Å². The Balaban J connectivity index is 1.83. The number of aromatic nitrogens is 1. The molecular weight excluding hydrogens is 376 g/mol. The number of benzene rings is 2. The van der Waals surface area contributed by atoms with Gasteiger partial charge < -0.3 is 10.1 Å². The number of nitrogens with one attached hydrogen (secondary N) is 1. The molecule has 1 heterocycles. The van der Waals surface area contributed by atoms with E-state index >= 15 is 0 Å². The normalized spacial score (nSPS) is 14.4. The molecule has 0 saturated carbocycles. The van der Waals surface area contributed by atoms with E-state index in [0.717, 1.165) is 52.6 Å². The first kappa shape index (κ1) is 19.8. The molecule has 0 bridgehead atoms. The lowest BCUT2D eigenvalue weighted by Crippen LogP contribution is -2.26. The van der Waals surface area contributed by atoms with Crippen molar-refractivity contribution >= 4 is 34.4 Å². The summed E-state index contributed by atoms with van der Waals surface area (Å²) in [6.07, 6.45) is 4.74. The first-order chi connectivity index (χ1) is 14.6. The van der Waals surface area contributed by atoms with E-state index in [1.807, 2.05) is 24.3 Å². The highest BCUT2D eigenvalue weighted by atomic mass is 16.5. The number of allylic oxidation sites excluding steroid dienone is 1. The molecule has 0 saturated heterocycles. The number of pyridine rings is 1. The molecule has 5 nitrogen and oxygen atoms in total. The van der Waals surface area contributed by atoms with E-state index in [-0.39, 0.29) is 12.5 Å². The molecule has 152 valence electrons. The zero-order chi connectivity index (χ0) is 21.1. The van der Waals surface area contributed by atoms with E-state index < -0.39 is 5.97 Å². The van der Waals surface area contributed by atoms with Gasteiger partial charge in [-0.1, -0.05) is 48.0 Å². The number of carbonyl (C=O) groups excluding carboxylic acids is 2. The largest absolute Gasteiger partial charge is 0.452 e. The molecule has 0 fully saturated rings. The van der Waals surface area contributed by atoms with E-state index in [4.69, 9.17) is 9.72 Å². The first-order valence-electron chi connectivity index (χ1n) is 10.1. The molecule has 1 N–H and O–H groups in total. The van der Waals surface area contributed by atoms with Gasteiger partial charge in [-0.2, -0.15) is 0 Å².